The van der Waals surface area contributed by atoms with Gasteiger partial charge in [-0.1, -0.05) is 13.0 Å². The summed E-state index contributed by atoms with van der Waals surface area (Å²) in [7, 11) is 1.82. The van der Waals surface area contributed by atoms with Crippen LogP contribution in [0.15, 0.2) is 30.5 Å². The molecule has 1 aromatic heterocycles. The molecule has 0 bridgehead atoms. The Morgan fingerprint density at radius 1 is 1.53 bits per heavy atom. The Hall–Kier alpha value is -2.35. The lowest BCUT2D eigenvalue weighted by Gasteiger charge is -2.12. The molecule has 1 aromatic carbocycles. The summed E-state index contributed by atoms with van der Waals surface area (Å²) in [6, 6.07) is 7.73. The smallest absolute Gasteiger partial charge is 0.143 e. The highest BCUT2D eigenvalue weighted by Crippen LogP contribution is 2.22. The number of benzene rings is 1. The predicted molar refractivity (Wildman–Crippen MR) is 71.0 cm³/mol. The summed E-state index contributed by atoms with van der Waals surface area (Å²) in [5.74, 6) is -0.330. The van der Waals surface area contributed by atoms with Crippen molar-refractivity contribution in [2.75, 3.05) is 5.32 Å². The van der Waals surface area contributed by atoms with Crippen molar-refractivity contribution in [2.45, 2.75) is 19.4 Å². The molecule has 4 nitrogen and oxygen atoms in total. The van der Waals surface area contributed by atoms with Crippen LogP contribution in [0, 0.1) is 17.1 Å². The Morgan fingerprint density at radius 3 is 2.95 bits per heavy atom. The number of rotatable bonds is 4. The van der Waals surface area contributed by atoms with E-state index in [0.29, 0.717) is 5.69 Å². The van der Waals surface area contributed by atoms with Gasteiger partial charge in [0.2, 0.25) is 0 Å². The number of nitrogens with one attached hydrogen (secondary N) is 1. The second kappa shape index (κ2) is 5.53. The van der Waals surface area contributed by atoms with Crippen molar-refractivity contribution in [3.8, 4) is 6.07 Å². The van der Waals surface area contributed by atoms with Crippen molar-refractivity contribution in [1.29, 1.82) is 5.26 Å². The molecule has 0 aliphatic heterocycles. The van der Waals surface area contributed by atoms with Crippen LogP contribution in [-0.4, -0.2) is 9.78 Å². The van der Waals surface area contributed by atoms with Crippen LogP contribution in [0.1, 0.15) is 24.2 Å². The number of aryl methyl sites for hydroxylation is 2. The van der Waals surface area contributed by atoms with Gasteiger partial charge in [-0.25, -0.2) is 4.39 Å². The molecule has 0 spiro atoms. The molecular formula is C14H15FN4. The molecule has 0 radical (unpaired) electrons. The third kappa shape index (κ3) is 2.91. The number of nitriles is 1. The average Bonchev–Trinajstić information content (AvgIpc) is 2.77. The van der Waals surface area contributed by atoms with E-state index in [1.807, 2.05) is 20.2 Å². The molecule has 0 amide bonds. The molecule has 5 heteroatoms. The first-order chi connectivity index (χ1) is 9.13. The zero-order valence-corrected chi connectivity index (χ0v) is 10.9. The SMILES string of the molecule is CCc1nn(C)cc1C(C#N)Nc1cccc(F)c1. The lowest BCUT2D eigenvalue weighted by molar-refractivity contribution is 0.628. The minimum atomic E-state index is -0.537. The molecule has 98 valence electrons. The van der Waals surface area contributed by atoms with Crippen molar-refractivity contribution < 1.29 is 4.39 Å². The molecule has 0 fully saturated rings. The van der Waals surface area contributed by atoms with E-state index in [4.69, 9.17) is 0 Å². The highest BCUT2D eigenvalue weighted by Gasteiger charge is 2.17. The maximum Gasteiger partial charge on any atom is 0.143 e. The van der Waals surface area contributed by atoms with Gasteiger partial charge in [0.15, 0.2) is 0 Å². The molecule has 1 N–H and O–H groups in total. The van der Waals surface area contributed by atoms with Crippen LogP contribution < -0.4 is 5.32 Å². The highest BCUT2D eigenvalue weighted by molar-refractivity contribution is 5.48. The summed E-state index contributed by atoms with van der Waals surface area (Å²) in [6.45, 7) is 1.99. The zero-order chi connectivity index (χ0) is 13.8. The third-order valence-corrected chi connectivity index (χ3v) is 2.85. The van der Waals surface area contributed by atoms with E-state index in [0.717, 1.165) is 17.7 Å². The van der Waals surface area contributed by atoms with Crippen molar-refractivity contribution >= 4 is 5.69 Å². The standard InChI is InChI=1S/C14H15FN4/c1-3-13-12(9-19(2)18-13)14(8-16)17-11-6-4-5-10(15)7-11/h4-7,9,14,17H,3H2,1-2H3. The third-order valence-electron chi connectivity index (χ3n) is 2.85. The number of nitrogens with zero attached hydrogens (tertiary/aromatic N) is 3. The number of hydrogen-bond acceptors (Lipinski definition) is 3. The zero-order valence-electron chi connectivity index (χ0n) is 10.9. The number of aromatic nitrogens is 2. The largest absolute Gasteiger partial charge is 0.366 e. The Morgan fingerprint density at radius 2 is 2.32 bits per heavy atom. The monoisotopic (exact) mass is 258 g/mol. The van der Waals surface area contributed by atoms with E-state index >= 15 is 0 Å². The minimum Gasteiger partial charge on any atom is -0.366 e. The second-order valence-electron chi connectivity index (χ2n) is 4.28. The topological polar surface area (TPSA) is 53.6 Å². The molecule has 0 saturated carbocycles. The summed E-state index contributed by atoms with van der Waals surface area (Å²) in [4.78, 5) is 0. The van der Waals surface area contributed by atoms with Gasteiger partial charge in [-0.05, 0) is 24.6 Å². The quantitative estimate of drug-likeness (QED) is 0.917. The van der Waals surface area contributed by atoms with Crippen molar-refractivity contribution in [1.82, 2.24) is 9.78 Å². The van der Waals surface area contributed by atoms with Gasteiger partial charge >= 0.3 is 0 Å². The Balaban J connectivity index is 2.28. The summed E-state index contributed by atoms with van der Waals surface area (Å²) < 4.78 is 14.8. The van der Waals surface area contributed by atoms with Gasteiger partial charge in [-0.2, -0.15) is 10.4 Å². The first kappa shape index (κ1) is 13.1. The van der Waals surface area contributed by atoms with Gasteiger partial charge in [-0.15, -0.1) is 0 Å². The van der Waals surface area contributed by atoms with Gasteiger partial charge in [0.25, 0.3) is 0 Å². The van der Waals surface area contributed by atoms with Gasteiger partial charge in [0.05, 0.1) is 11.8 Å². The fraction of sp³-hybridized carbons (Fsp3) is 0.286. The summed E-state index contributed by atoms with van der Waals surface area (Å²) >= 11 is 0. The first-order valence-electron chi connectivity index (χ1n) is 6.08. The highest BCUT2D eigenvalue weighted by atomic mass is 19.1. The first-order valence-corrected chi connectivity index (χ1v) is 6.08. The molecule has 1 heterocycles. The molecule has 1 unspecified atom stereocenters. The van der Waals surface area contributed by atoms with Crippen LogP contribution in [0.25, 0.3) is 0 Å². The van der Waals surface area contributed by atoms with E-state index < -0.39 is 6.04 Å². The van der Waals surface area contributed by atoms with E-state index in [-0.39, 0.29) is 5.82 Å². The van der Waals surface area contributed by atoms with E-state index in [1.165, 1.54) is 12.1 Å². The Bertz CT molecular complexity index is 612. The predicted octanol–water partition coefficient (Wildman–Crippen LogP) is 2.80. The van der Waals surface area contributed by atoms with Crippen LogP contribution in [0.5, 0.6) is 0 Å². The van der Waals surface area contributed by atoms with Crippen LogP contribution in [0.4, 0.5) is 10.1 Å². The fourth-order valence-electron chi connectivity index (χ4n) is 1.99. The number of hydrogen-bond donors (Lipinski definition) is 1. The van der Waals surface area contributed by atoms with Crippen LogP contribution in [0.3, 0.4) is 0 Å². The van der Waals surface area contributed by atoms with Gasteiger partial charge < -0.3 is 5.32 Å². The van der Waals surface area contributed by atoms with E-state index in [2.05, 4.69) is 16.5 Å². The molecule has 0 aliphatic carbocycles. The van der Waals surface area contributed by atoms with E-state index in [1.54, 1.807) is 16.8 Å². The molecule has 0 saturated heterocycles. The lowest BCUT2D eigenvalue weighted by atomic mass is 10.1. The van der Waals surface area contributed by atoms with E-state index in [9.17, 15) is 9.65 Å². The van der Waals surface area contributed by atoms with Crippen molar-refractivity contribution in [3.05, 3.63) is 47.5 Å². The van der Waals surface area contributed by atoms with Crippen LogP contribution in [-0.2, 0) is 13.5 Å². The fourth-order valence-corrected chi connectivity index (χ4v) is 1.99. The second-order valence-corrected chi connectivity index (χ2v) is 4.28. The van der Waals surface area contributed by atoms with Gasteiger partial charge in [0, 0.05) is 24.5 Å². The normalized spacial score (nSPS) is 11.9. The lowest BCUT2D eigenvalue weighted by Crippen LogP contribution is -2.09. The average molecular weight is 258 g/mol. The number of anilines is 1. The van der Waals surface area contributed by atoms with Crippen LogP contribution >= 0.6 is 0 Å². The molecule has 19 heavy (non-hydrogen) atoms. The van der Waals surface area contributed by atoms with Crippen LogP contribution in [0.2, 0.25) is 0 Å². The summed E-state index contributed by atoms with van der Waals surface area (Å²) in [5.41, 5.74) is 2.28. The Kier molecular flexibility index (Phi) is 3.81. The molecule has 2 rings (SSSR count). The summed E-state index contributed by atoms with van der Waals surface area (Å²) in [6.07, 6.45) is 2.57. The summed E-state index contributed by atoms with van der Waals surface area (Å²) in [5, 5.41) is 16.6. The molecule has 0 aliphatic rings. The number of halogens is 1. The molecule has 2 aromatic rings. The molecule has 1 atom stereocenters. The van der Waals surface area contributed by atoms with Gasteiger partial charge in [-0.3, -0.25) is 4.68 Å². The maximum absolute atomic E-state index is 13.1. The molecular weight excluding hydrogens is 243 g/mol. The van der Waals surface area contributed by atoms with Crippen molar-refractivity contribution in [2.24, 2.45) is 7.05 Å². The minimum absolute atomic E-state index is 0.330. The Labute approximate surface area is 111 Å². The van der Waals surface area contributed by atoms with Crippen molar-refractivity contribution in [3.63, 3.8) is 0 Å². The maximum atomic E-state index is 13.1. The van der Waals surface area contributed by atoms with Gasteiger partial charge in [0.1, 0.15) is 11.9 Å².